The fourth-order valence-corrected chi connectivity index (χ4v) is 1.10. The predicted octanol–water partition coefficient (Wildman–Crippen LogP) is 2.15. The molecule has 86 valence electrons. The molecule has 0 atom stereocenters. The summed E-state index contributed by atoms with van der Waals surface area (Å²) in [6.45, 7) is 4.48. The topological polar surface area (TPSA) is 55.1 Å². The second kappa shape index (κ2) is 5.47. The summed E-state index contributed by atoms with van der Waals surface area (Å²) >= 11 is 0. The lowest BCUT2D eigenvalue weighted by atomic mass is 10.1. The Morgan fingerprint density at radius 2 is 2.25 bits per heavy atom. The van der Waals surface area contributed by atoms with Crippen molar-refractivity contribution in [2.75, 3.05) is 13.7 Å². The Bertz CT molecular complexity index is 383. The summed E-state index contributed by atoms with van der Waals surface area (Å²) < 4.78 is 10.8. The highest BCUT2D eigenvalue weighted by Crippen LogP contribution is 2.18. The van der Waals surface area contributed by atoms with E-state index in [-0.39, 0.29) is 5.60 Å². The van der Waals surface area contributed by atoms with Crippen molar-refractivity contribution >= 4 is 0 Å². The van der Waals surface area contributed by atoms with Gasteiger partial charge in [-0.15, -0.1) is 0 Å². The highest BCUT2D eigenvalue weighted by Gasteiger charge is 2.16. The maximum atomic E-state index is 8.84. The molecule has 1 aromatic rings. The van der Waals surface area contributed by atoms with Crippen LogP contribution in [0.25, 0.3) is 0 Å². The van der Waals surface area contributed by atoms with E-state index in [9.17, 15) is 0 Å². The van der Waals surface area contributed by atoms with E-state index in [1.807, 2.05) is 13.8 Å². The fraction of sp³-hybridized carbons (Fsp3) is 0.500. The minimum Gasteiger partial charge on any atom is -0.490 e. The largest absolute Gasteiger partial charge is 0.490 e. The van der Waals surface area contributed by atoms with E-state index in [0.29, 0.717) is 17.9 Å². The van der Waals surface area contributed by atoms with Crippen LogP contribution in [0.4, 0.5) is 0 Å². The van der Waals surface area contributed by atoms with Gasteiger partial charge in [-0.1, -0.05) is 0 Å². The van der Waals surface area contributed by atoms with Gasteiger partial charge >= 0.3 is 0 Å². The minimum atomic E-state index is -0.213. The van der Waals surface area contributed by atoms with E-state index >= 15 is 0 Å². The lowest BCUT2D eigenvalue weighted by molar-refractivity contribution is 0.00540. The van der Waals surface area contributed by atoms with Crippen molar-refractivity contribution in [3.8, 4) is 11.8 Å². The van der Waals surface area contributed by atoms with E-state index < -0.39 is 0 Å². The van der Waals surface area contributed by atoms with Crippen LogP contribution in [0.15, 0.2) is 18.5 Å². The van der Waals surface area contributed by atoms with Gasteiger partial charge in [0.2, 0.25) is 0 Å². The molecule has 0 spiro atoms. The van der Waals surface area contributed by atoms with Crippen LogP contribution in [0, 0.1) is 11.3 Å². The lowest BCUT2D eigenvalue weighted by Crippen LogP contribution is -2.25. The third-order valence-corrected chi connectivity index (χ3v) is 2.42. The first-order valence-corrected chi connectivity index (χ1v) is 5.11. The molecule has 4 nitrogen and oxygen atoms in total. The predicted molar refractivity (Wildman–Crippen MR) is 60.2 cm³/mol. The number of hydrogen-bond donors (Lipinski definition) is 0. The Morgan fingerprint density at radius 3 is 2.88 bits per heavy atom. The number of nitriles is 1. The summed E-state index contributed by atoms with van der Waals surface area (Å²) in [4.78, 5) is 3.92. The molecule has 1 rings (SSSR count). The van der Waals surface area contributed by atoms with E-state index in [2.05, 4.69) is 11.1 Å². The summed E-state index contributed by atoms with van der Waals surface area (Å²) in [5, 5.41) is 8.84. The highest BCUT2D eigenvalue weighted by molar-refractivity contribution is 5.40. The fourth-order valence-electron chi connectivity index (χ4n) is 1.10. The average Bonchev–Trinajstić information content (AvgIpc) is 2.29. The van der Waals surface area contributed by atoms with Gasteiger partial charge in [-0.3, -0.25) is 4.98 Å². The van der Waals surface area contributed by atoms with E-state index in [0.717, 1.165) is 6.42 Å². The van der Waals surface area contributed by atoms with Crippen LogP contribution >= 0.6 is 0 Å². The summed E-state index contributed by atoms with van der Waals surface area (Å²) in [7, 11) is 1.67. The third kappa shape index (κ3) is 3.52. The van der Waals surface area contributed by atoms with Crippen molar-refractivity contribution in [3.63, 3.8) is 0 Å². The molecule has 0 saturated heterocycles. The van der Waals surface area contributed by atoms with Crippen molar-refractivity contribution in [3.05, 3.63) is 24.0 Å². The molecule has 0 bridgehead atoms. The van der Waals surface area contributed by atoms with Gasteiger partial charge in [-0.2, -0.15) is 5.26 Å². The van der Waals surface area contributed by atoms with Crippen molar-refractivity contribution in [1.82, 2.24) is 4.98 Å². The van der Waals surface area contributed by atoms with Gasteiger partial charge in [-0.05, 0) is 19.9 Å². The Labute approximate surface area is 95.8 Å². The van der Waals surface area contributed by atoms with Crippen LogP contribution in [0.5, 0.6) is 5.75 Å². The van der Waals surface area contributed by atoms with Gasteiger partial charge < -0.3 is 9.47 Å². The minimum absolute atomic E-state index is 0.213. The standard InChI is InChI=1S/C12H16N2O2/c1-12(2,15-3)5-7-16-11-9-14-6-4-10(11)8-13/h4,6,9H,5,7H2,1-3H3. The average molecular weight is 220 g/mol. The van der Waals surface area contributed by atoms with Crippen molar-refractivity contribution in [2.45, 2.75) is 25.9 Å². The van der Waals surface area contributed by atoms with Crippen LogP contribution < -0.4 is 4.74 Å². The van der Waals surface area contributed by atoms with Gasteiger partial charge in [0.05, 0.1) is 24.0 Å². The van der Waals surface area contributed by atoms with Crippen LogP contribution in [0.2, 0.25) is 0 Å². The number of aromatic nitrogens is 1. The Kier molecular flexibility index (Phi) is 4.27. The molecular formula is C12H16N2O2. The van der Waals surface area contributed by atoms with Crippen LogP contribution in [0.1, 0.15) is 25.8 Å². The molecule has 0 aromatic carbocycles. The molecule has 0 unspecified atom stereocenters. The first-order valence-electron chi connectivity index (χ1n) is 5.11. The van der Waals surface area contributed by atoms with Gasteiger partial charge in [0.15, 0.2) is 5.75 Å². The first kappa shape index (κ1) is 12.5. The Hall–Kier alpha value is -1.60. The normalized spacial score (nSPS) is 10.9. The zero-order valence-corrected chi connectivity index (χ0v) is 9.86. The molecule has 0 N–H and O–H groups in total. The second-order valence-corrected chi connectivity index (χ2v) is 4.05. The van der Waals surface area contributed by atoms with E-state index in [1.54, 1.807) is 25.6 Å². The number of nitrogens with zero attached hydrogens (tertiary/aromatic N) is 2. The van der Waals surface area contributed by atoms with Crippen LogP contribution in [-0.2, 0) is 4.74 Å². The van der Waals surface area contributed by atoms with Crippen molar-refractivity contribution in [2.24, 2.45) is 0 Å². The van der Waals surface area contributed by atoms with Gasteiger partial charge in [-0.25, -0.2) is 0 Å². The zero-order valence-electron chi connectivity index (χ0n) is 9.86. The summed E-state index contributed by atoms with van der Waals surface area (Å²) in [5.74, 6) is 0.525. The number of pyridine rings is 1. The first-order chi connectivity index (χ1) is 7.59. The van der Waals surface area contributed by atoms with Gasteiger partial charge in [0.25, 0.3) is 0 Å². The van der Waals surface area contributed by atoms with Gasteiger partial charge in [0, 0.05) is 19.7 Å². The molecule has 0 aliphatic rings. The molecule has 1 heterocycles. The van der Waals surface area contributed by atoms with Crippen molar-refractivity contribution < 1.29 is 9.47 Å². The third-order valence-electron chi connectivity index (χ3n) is 2.42. The molecular weight excluding hydrogens is 204 g/mol. The number of ether oxygens (including phenoxy) is 2. The summed E-state index contributed by atoms with van der Waals surface area (Å²) in [5.41, 5.74) is 0.292. The smallest absolute Gasteiger partial charge is 0.155 e. The SMILES string of the molecule is COC(C)(C)CCOc1cnccc1C#N. The molecule has 4 heteroatoms. The summed E-state index contributed by atoms with van der Waals surface area (Å²) in [6, 6.07) is 3.70. The number of hydrogen-bond acceptors (Lipinski definition) is 4. The maximum Gasteiger partial charge on any atom is 0.155 e. The Balaban J connectivity index is 2.53. The number of rotatable bonds is 5. The van der Waals surface area contributed by atoms with Crippen LogP contribution in [0.3, 0.4) is 0 Å². The lowest BCUT2D eigenvalue weighted by Gasteiger charge is -2.22. The molecule has 1 aromatic heterocycles. The number of methoxy groups -OCH3 is 1. The van der Waals surface area contributed by atoms with E-state index in [4.69, 9.17) is 14.7 Å². The highest BCUT2D eigenvalue weighted by atomic mass is 16.5. The quantitative estimate of drug-likeness (QED) is 0.763. The van der Waals surface area contributed by atoms with E-state index in [1.165, 1.54) is 0 Å². The zero-order chi connectivity index (χ0) is 12.0. The molecule has 16 heavy (non-hydrogen) atoms. The van der Waals surface area contributed by atoms with Crippen LogP contribution in [-0.4, -0.2) is 24.3 Å². The molecule has 0 saturated carbocycles. The van der Waals surface area contributed by atoms with Gasteiger partial charge in [0.1, 0.15) is 6.07 Å². The van der Waals surface area contributed by atoms with Crippen molar-refractivity contribution in [1.29, 1.82) is 5.26 Å². The Morgan fingerprint density at radius 1 is 1.50 bits per heavy atom. The molecule has 0 radical (unpaired) electrons. The molecule has 0 fully saturated rings. The monoisotopic (exact) mass is 220 g/mol. The summed E-state index contributed by atoms with van der Waals surface area (Å²) in [6.07, 6.45) is 3.88. The molecule has 0 aliphatic carbocycles. The second-order valence-electron chi connectivity index (χ2n) is 4.05. The molecule has 0 aliphatic heterocycles. The molecule has 0 amide bonds. The maximum absolute atomic E-state index is 8.84.